The summed E-state index contributed by atoms with van der Waals surface area (Å²) in [5, 5.41) is 4.07. The van der Waals surface area contributed by atoms with Crippen molar-refractivity contribution < 1.29 is 0 Å². The van der Waals surface area contributed by atoms with Gasteiger partial charge in [0.05, 0.1) is 0 Å². The molecule has 2 atom stereocenters. The monoisotopic (exact) mass is 281 g/mol. The fraction of sp³-hybridized carbons (Fsp3) is 0.714. The average molecular weight is 281 g/mol. The molecule has 0 aromatic carbocycles. The second kappa shape index (κ2) is 6.98. The maximum atomic E-state index is 12.2. The predicted molar refractivity (Wildman–Crippen MR) is 82.0 cm³/mol. The molecule has 2 rings (SSSR count). The van der Waals surface area contributed by atoms with E-state index < -0.39 is 0 Å². The second-order valence-corrected chi connectivity index (χ2v) is 6.28. The predicted octanol–water partition coefficient (Wildman–Crippen LogP) is 2.74. The Hall–Kier alpha value is -0.970. The van der Waals surface area contributed by atoms with Gasteiger partial charge >= 0.3 is 0 Å². The fourth-order valence-corrected chi connectivity index (χ4v) is 3.47. The topological polar surface area (TPSA) is 46.9 Å². The number of anilines is 1. The molecule has 1 aromatic heterocycles. The first-order valence-corrected chi connectivity index (χ1v) is 8.38. The lowest BCUT2D eigenvalue weighted by molar-refractivity contribution is 0.471. The third-order valence-electron chi connectivity index (χ3n) is 3.68. The summed E-state index contributed by atoms with van der Waals surface area (Å²) in [5.41, 5.74) is 0.00984. The van der Waals surface area contributed by atoms with Gasteiger partial charge in [-0.3, -0.25) is 4.79 Å². The largest absolute Gasteiger partial charge is 0.363 e. The van der Waals surface area contributed by atoms with Gasteiger partial charge in [0.25, 0.3) is 5.56 Å². The van der Waals surface area contributed by atoms with Crippen LogP contribution in [0.2, 0.25) is 0 Å². The zero-order valence-electron chi connectivity index (χ0n) is 11.8. The Morgan fingerprint density at radius 1 is 1.53 bits per heavy atom. The SMILES string of the molecule is CCCn1ccnc(NC2CCCC(SC)C2)c1=O. The molecule has 2 unspecified atom stereocenters. The molecule has 0 bridgehead atoms. The van der Waals surface area contributed by atoms with Crippen molar-refractivity contribution >= 4 is 17.6 Å². The molecule has 1 heterocycles. The number of hydrogen-bond acceptors (Lipinski definition) is 4. The van der Waals surface area contributed by atoms with Gasteiger partial charge in [0.15, 0.2) is 5.82 Å². The molecule has 1 aliphatic carbocycles. The number of hydrogen-bond donors (Lipinski definition) is 1. The summed E-state index contributed by atoms with van der Waals surface area (Å²) < 4.78 is 1.74. The molecule has 5 heteroatoms. The van der Waals surface area contributed by atoms with Gasteiger partial charge < -0.3 is 9.88 Å². The lowest BCUT2D eigenvalue weighted by Crippen LogP contribution is -2.33. The Morgan fingerprint density at radius 2 is 2.37 bits per heavy atom. The summed E-state index contributed by atoms with van der Waals surface area (Å²) in [6, 6.07) is 0.392. The van der Waals surface area contributed by atoms with E-state index in [1.165, 1.54) is 12.8 Å². The van der Waals surface area contributed by atoms with E-state index in [-0.39, 0.29) is 5.56 Å². The van der Waals surface area contributed by atoms with Crippen LogP contribution in [-0.2, 0) is 6.54 Å². The summed E-state index contributed by atoms with van der Waals surface area (Å²) in [4.78, 5) is 16.4. The molecule has 1 N–H and O–H groups in total. The maximum absolute atomic E-state index is 12.2. The smallest absolute Gasteiger partial charge is 0.293 e. The van der Waals surface area contributed by atoms with E-state index in [0.29, 0.717) is 17.1 Å². The third kappa shape index (κ3) is 3.75. The highest BCUT2D eigenvalue weighted by molar-refractivity contribution is 7.99. The number of nitrogens with zero attached hydrogens (tertiary/aromatic N) is 2. The van der Waals surface area contributed by atoms with E-state index in [1.807, 2.05) is 11.8 Å². The van der Waals surface area contributed by atoms with Gasteiger partial charge in [-0.05, 0) is 31.9 Å². The van der Waals surface area contributed by atoms with Crippen LogP contribution >= 0.6 is 11.8 Å². The van der Waals surface area contributed by atoms with Crippen LogP contribution in [0.1, 0.15) is 39.0 Å². The van der Waals surface area contributed by atoms with Crippen LogP contribution in [0.25, 0.3) is 0 Å². The molecule has 19 heavy (non-hydrogen) atoms. The molecule has 4 nitrogen and oxygen atoms in total. The van der Waals surface area contributed by atoms with Crippen molar-refractivity contribution in [1.82, 2.24) is 9.55 Å². The minimum absolute atomic E-state index is 0.00984. The van der Waals surface area contributed by atoms with Gasteiger partial charge in [0.1, 0.15) is 0 Å². The normalized spacial score (nSPS) is 23.3. The lowest BCUT2D eigenvalue weighted by Gasteiger charge is -2.28. The van der Waals surface area contributed by atoms with Crippen LogP contribution in [0.3, 0.4) is 0 Å². The van der Waals surface area contributed by atoms with Crippen molar-refractivity contribution in [2.75, 3.05) is 11.6 Å². The third-order valence-corrected chi connectivity index (χ3v) is 4.77. The molecule has 0 amide bonds. The summed E-state index contributed by atoms with van der Waals surface area (Å²) in [5.74, 6) is 0.516. The van der Waals surface area contributed by atoms with E-state index >= 15 is 0 Å². The van der Waals surface area contributed by atoms with E-state index in [0.717, 1.165) is 25.8 Å². The fourth-order valence-electron chi connectivity index (χ4n) is 2.65. The average Bonchev–Trinajstić information content (AvgIpc) is 2.44. The molecule has 0 saturated heterocycles. The Labute approximate surface area is 119 Å². The Bertz CT molecular complexity index is 460. The summed E-state index contributed by atoms with van der Waals surface area (Å²) in [6.45, 7) is 2.83. The molecule has 0 spiro atoms. The van der Waals surface area contributed by atoms with Crippen LogP contribution in [0.15, 0.2) is 17.2 Å². The number of thioether (sulfide) groups is 1. The molecule has 106 valence electrons. The Morgan fingerprint density at radius 3 is 3.11 bits per heavy atom. The lowest BCUT2D eigenvalue weighted by atomic mass is 9.95. The highest BCUT2D eigenvalue weighted by Crippen LogP contribution is 2.28. The second-order valence-electron chi connectivity index (χ2n) is 5.14. The molecule has 1 saturated carbocycles. The summed E-state index contributed by atoms with van der Waals surface area (Å²) in [6.07, 6.45) is 11.4. The van der Waals surface area contributed by atoms with Crippen molar-refractivity contribution in [1.29, 1.82) is 0 Å². The highest BCUT2D eigenvalue weighted by Gasteiger charge is 2.22. The van der Waals surface area contributed by atoms with E-state index in [1.54, 1.807) is 17.0 Å². The van der Waals surface area contributed by atoms with Crippen molar-refractivity contribution in [2.45, 2.75) is 56.9 Å². The van der Waals surface area contributed by atoms with Gasteiger partial charge in [-0.1, -0.05) is 13.3 Å². The van der Waals surface area contributed by atoms with E-state index in [9.17, 15) is 4.79 Å². The first-order valence-electron chi connectivity index (χ1n) is 7.09. The minimum atomic E-state index is 0.00984. The molecule has 0 aliphatic heterocycles. The number of aromatic nitrogens is 2. The molecule has 1 fully saturated rings. The van der Waals surface area contributed by atoms with Crippen molar-refractivity contribution in [3.05, 3.63) is 22.7 Å². The van der Waals surface area contributed by atoms with Crippen LogP contribution in [0, 0.1) is 0 Å². The first kappa shape index (κ1) is 14.4. The van der Waals surface area contributed by atoms with Gasteiger partial charge in [-0.15, -0.1) is 0 Å². The van der Waals surface area contributed by atoms with Crippen LogP contribution < -0.4 is 10.9 Å². The number of nitrogens with one attached hydrogen (secondary N) is 1. The van der Waals surface area contributed by atoms with Gasteiger partial charge in [-0.25, -0.2) is 4.98 Å². The Balaban J connectivity index is 2.06. The summed E-state index contributed by atoms with van der Waals surface area (Å²) in [7, 11) is 0. The van der Waals surface area contributed by atoms with Crippen molar-refractivity contribution in [3.8, 4) is 0 Å². The van der Waals surface area contributed by atoms with Crippen LogP contribution in [0.4, 0.5) is 5.82 Å². The highest BCUT2D eigenvalue weighted by atomic mass is 32.2. The van der Waals surface area contributed by atoms with Gasteiger partial charge in [0.2, 0.25) is 0 Å². The summed E-state index contributed by atoms with van der Waals surface area (Å²) >= 11 is 1.93. The zero-order chi connectivity index (χ0) is 13.7. The van der Waals surface area contributed by atoms with Gasteiger partial charge in [0, 0.05) is 30.2 Å². The van der Waals surface area contributed by atoms with Crippen molar-refractivity contribution in [3.63, 3.8) is 0 Å². The van der Waals surface area contributed by atoms with Crippen molar-refractivity contribution in [2.24, 2.45) is 0 Å². The quantitative estimate of drug-likeness (QED) is 0.901. The molecule has 0 radical (unpaired) electrons. The Kier molecular flexibility index (Phi) is 5.31. The van der Waals surface area contributed by atoms with Crippen LogP contribution in [0.5, 0.6) is 0 Å². The molecular formula is C14H23N3OS. The van der Waals surface area contributed by atoms with E-state index in [2.05, 4.69) is 23.5 Å². The van der Waals surface area contributed by atoms with Crippen LogP contribution in [-0.4, -0.2) is 27.1 Å². The van der Waals surface area contributed by atoms with Gasteiger partial charge in [-0.2, -0.15) is 11.8 Å². The number of rotatable bonds is 5. The molecular weight excluding hydrogens is 258 g/mol. The standard InChI is InChI=1S/C14H23N3OS/c1-3-8-17-9-7-15-13(14(17)18)16-11-5-4-6-12(10-11)19-2/h7,9,11-12H,3-6,8,10H2,1-2H3,(H,15,16). The first-order chi connectivity index (χ1) is 9.24. The molecule has 1 aromatic rings. The maximum Gasteiger partial charge on any atom is 0.293 e. The van der Waals surface area contributed by atoms with E-state index in [4.69, 9.17) is 0 Å². The number of aryl methyl sites for hydroxylation is 1. The minimum Gasteiger partial charge on any atom is -0.363 e. The zero-order valence-corrected chi connectivity index (χ0v) is 12.6. The molecule has 1 aliphatic rings.